The number of nitrogens with zero attached hydrogens (tertiary/aromatic N) is 2. The van der Waals surface area contributed by atoms with Gasteiger partial charge in [0.1, 0.15) is 5.60 Å². The summed E-state index contributed by atoms with van der Waals surface area (Å²) in [5.74, 6) is 0.0695. The van der Waals surface area contributed by atoms with E-state index in [1.54, 1.807) is 46.0 Å². The van der Waals surface area contributed by atoms with Crippen molar-refractivity contribution in [2.24, 2.45) is 0 Å². The average molecular weight is 299 g/mol. The summed E-state index contributed by atoms with van der Waals surface area (Å²) < 4.78 is 5.14. The highest BCUT2D eigenvalue weighted by atomic mass is 32.1. The molecule has 0 aliphatic rings. The van der Waals surface area contributed by atoms with Crippen molar-refractivity contribution in [3.05, 3.63) is 11.1 Å². The van der Waals surface area contributed by atoms with Crippen LogP contribution in [0, 0.1) is 0 Å². The second kappa shape index (κ2) is 6.69. The van der Waals surface area contributed by atoms with Gasteiger partial charge in [-0.2, -0.15) is 0 Å². The molecule has 1 aromatic heterocycles. The first kappa shape index (κ1) is 16.4. The lowest BCUT2D eigenvalue weighted by atomic mass is 10.2. The molecule has 0 fully saturated rings. The Hall–Kier alpha value is -1.63. The van der Waals surface area contributed by atoms with Crippen molar-refractivity contribution in [2.45, 2.75) is 39.2 Å². The van der Waals surface area contributed by atoms with E-state index in [1.807, 2.05) is 0 Å². The first-order valence-corrected chi connectivity index (χ1v) is 7.14. The lowest BCUT2D eigenvalue weighted by Gasteiger charge is -2.18. The number of rotatable bonds is 4. The van der Waals surface area contributed by atoms with Gasteiger partial charge in [0.15, 0.2) is 5.13 Å². The molecular formula is C13H21N3O3S. The molecule has 0 saturated carbocycles. The van der Waals surface area contributed by atoms with Crippen molar-refractivity contribution < 1.29 is 14.3 Å². The number of anilines is 1. The highest BCUT2D eigenvalue weighted by molar-refractivity contribution is 7.15. The monoisotopic (exact) mass is 299 g/mol. The smallest absolute Gasteiger partial charge is 0.413 e. The van der Waals surface area contributed by atoms with E-state index in [9.17, 15) is 9.59 Å². The van der Waals surface area contributed by atoms with Crippen molar-refractivity contribution in [1.82, 2.24) is 9.88 Å². The molecule has 0 unspecified atom stereocenters. The molecule has 1 rings (SSSR count). The van der Waals surface area contributed by atoms with E-state index in [4.69, 9.17) is 4.74 Å². The van der Waals surface area contributed by atoms with Crippen LogP contribution in [-0.4, -0.2) is 41.6 Å². The number of thiazole rings is 1. The molecule has 6 nitrogen and oxygen atoms in total. The summed E-state index contributed by atoms with van der Waals surface area (Å²) in [7, 11) is 3.45. The molecule has 2 amide bonds. The molecule has 0 aliphatic heterocycles. The van der Waals surface area contributed by atoms with Gasteiger partial charge in [-0.05, 0) is 27.2 Å². The summed E-state index contributed by atoms with van der Waals surface area (Å²) >= 11 is 1.35. The third-order valence-electron chi connectivity index (χ3n) is 2.25. The molecule has 1 heterocycles. The summed E-state index contributed by atoms with van der Waals surface area (Å²) in [4.78, 5) is 29.6. The molecule has 0 aliphatic carbocycles. The maximum atomic E-state index is 11.6. The summed E-state index contributed by atoms with van der Waals surface area (Å²) in [6.45, 7) is 5.39. The number of aromatic nitrogens is 1. The number of hydrogen-bond donors (Lipinski definition) is 1. The fourth-order valence-corrected chi connectivity index (χ4v) is 2.12. The maximum absolute atomic E-state index is 11.6. The van der Waals surface area contributed by atoms with E-state index in [1.165, 1.54) is 11.3 Å². The molecule has 0 saturated heterocycles. The van der Waals surface area contributed by atoms with Crippen molar-refractivity contribution in [1.29, 1.82) is 0 Å². The molecule has 0 spiro atoms. The Labute approximate surface area is 123 Å². The fraction of sp³-hybridized carbons (Fsp3) is 0.615. The molecular weight excluding hydrogens is 278 g/mol. The minimum Gasteiger partial charge on any atom is -0.444 e. The highest BCUT2D eigenvalue weighted by Crippen LogP contribution is 2.20. The number of amides is 2. The third kappa shape index (κ3) is 6.01. The SMILES string of the molecule is CN(C)C(=O)CCc1cnc(NC(=O)OC(C)(C)C)s1. The van der Waals surface area contributed by atoms with Crippen LogP contribution >= 0.6 is 11.3 Å². The number of hydrogen-bond acceptors (Lipinski definition) is 5. The highest BCUT2D eigenvalue weighted by Gasteiger charge is 2.17. The van der Waals surface area contributed by atoms with Crippen LogP contribution in [0.25, 0.3) is 0 Å². The second-order valence-electron chi connectivity index (χ2n) is 5.55. The third-order valence-corrected chi connectivity index (χ3v) is 3.22. The van der Waals surface area contributed by atoms with Gasteiger partial charge in [0, 0.05) is 31.6 Å². The lowest BCUT2D eigenvalue weighted by molar-refractivity contribution is -0.128. The Morgan fingerprint density at radius 2 is 2.05 bits per heavy atom. The van der Waals surface area contributed by atoms with Gasteiger partial charge in [-0.15, -0.1) is 11.3 Å². The Morgan fingerprint density at radius 1 is 1.40 bits per heavy atom. The normalized spacial score (nSPS) is 11.1. The topological polar surface area (TPSA) is 71.5 Å². The zero-order valence-corrected chi connectivity index (χ0v) is 13.3. The predicted octanol–water partition coefficient (Wildman–Crippen LogP) is 2.51. The standard InChI is InChI=1S/C13H21N3O3S/c1-13(2,3)19-12(18)15-11-14-8-9(20-11)6-7-10(17)16(4)5/h8H,6-7H2,1-5H3,(H,14,15,18). The Morgan fingerprint density at radius 3 is 2.60 bits per heavy atom. The van der Waals surface area contributed by atoms with Crippen molar-refractivity contribution in [3.63, 3.8) is 0 Å². The maximum Gasteiger partial charge on any atom is 0.413 e. The minimum atomic E-state index is -0.539. The molecule has 0 radical (unpaired) electrons. The quantitative estimate of drug-likeness (QED) is 0.927. The van der Waals surface area contributed by atoms with E-state index < -0.39 is 11.7 Å². The zero-order valence-electron chi connectivity index (χ0n) is 12.5. The van der Waals surface area contributed by atoms with Crippen molar-refractivity contribution in [3.8, 4) is 0 Å². The molecule has 0 atom stereocenters. The first-order valence-electron chi connectivity index (χ1n) is 6.32. The number of nitrogens with one attached hydrogen (secondary N) is 1. The largest absolute Gasteiger partial charge is 0.444 e. The number of carbonyl (C=O) groups is 2. The van der Waals surface area contributed by atoms with E-state index in [0.29, 0.717) is 18.0 Å². The Bertz CT molecular complexity index is 477. The molecule has 0 bridgehead atoms. The van der Waals surface area contributed by atoms with Crippen LogP contribution in [0.1, 0.15) is 32.1 Å². The van der Waals surface area contributed by atoms with Gasteiger partial charge < -0.3 is 9.64 Å². The van der Waals surface area contributed by atoms with Crippen LogP contribution in [0.4, 0.5) is 9.93 Å². The summed E-state index contributed by atoms with van der Waals surface area (Å²) in [6, 6.07) is 0. The Kier molecular flexibility index (Phi) is 5.50. The predicted molar refractivity (Wildman–Crippen MR) is 79.0 cm³/mol. The number of carbonyl (C=O) groups excluding carboxylic acids is 2. The van der Waals surface area contributed by atoms with Gasteiger partial charge in [0.2, 0.25) is 5.91 Å². The molecule has 1 N–H and O–H groups in total. The van der Waals surface area contributed by atoms with Crippen molar-refractivity contribution >= 4 is 28.5 Å². The van der Waals surface area contributed by atoms with Crippen LogP contribution < -0.4 is 5.32 Å². The lowest BCUT2D eigenvalue weighted by Crippen LogP contribution is -2.27. The van der Waals surface area contributed by atoms with Crippen LogP contribution in [-0.2, 0) is 16.0 Å². The van der Waals surface area contributed by atoms with E-state index in [-0.39, 0.29) is 5.91 Å². The van der Waals surface area contributed by atoms with E-state index >= 15 is 0 Å². The molecule has 0 aromatic carbocycles. The van der Waals surface area contributed by atoms with Gasteiger partial charge >= 0.3 is 6.09 Å². The van der Waals surface area contributed by atoms with Crippen LogP contribution in [0.5, 0.6) is 0 Å². The van der Waals surface area contributed by atoms with E-state index in [2.05, 4.69) is 10.3 Å². The van der Waals surface area contributed by atoms with Crippen LogP contribution in [0.2, 0.25) is 0 Å². The van der Waals surface area contributed by atoms with Crippen LogP contribution in [0.15, 0.2) is 6.20 Å². The minimum absolute atomic E-state index is 0.0695. The van der Waals surface area contributed by atoms with Gasteiger partial charge in [-0.25, -0.2) is 9.78 Å². The zero-order chi connectivity index (χ0) is 15.3. The summed E-state index contributed by atoms with van der Waals surface area (Å²) in [5.41, 5.74) is -0.539. The molecule has 1 aromatic rings. The van der Waals surface area contributed by atoms with Gasteiger partial charge in [0.05, 0.1) is 0 Å². The number of ether oxygens (including phenoxy) is 1. The average Bonchev–Trinajstić information content (AvgIpc) is 2.70. The van der Waals surface area contributed by atoms with Gasteiger partial charge in [-0.1, -0.05) is 0 Å². The summed E-state index contributed by atoms with van der Waals surface area (Å²) in [6.07, 6.45) is 2.19. The fourth-order valence-electron chi connectivity index (χ4n) is 1.33. The van der Waals surface area contributed by atoms with Crippen LogP contribution in [0.3, 0.4) is 0 Å². The first-order chi connectivity index (χ1) is 9.17. The molecule has 112 valence electrons. The van der Waals surface area contributed by atoms with Gasteiger partial charge in [0.25, 0.3) is 0 Å². The summed E-state index contributed by atoms with van der Waals surface area (Å²) in [5, 5.41) is 3.06. The van der Waals surface area contributed by atoms with Crippen molar-refractivity contribution in [2.75, 3.05) is 19.4 Å². The van der Waals surface area contributed by atoms with Gasteiger partial charge in [-0.3, -0.25) is 10.1 Å². The molecule has 7 heteroatoms. The Balaban J connectivity index is 2.47. The van der Waals surface area contributed by atoms with E-state index in [0.717, 1.165) is 4.88 Å². The second-order valence-corrected chi connectivity index (χ2v) is 6.66. The molecule has 20 heavy (non-hydrogen) atoms. The number of aryl methyl sites for hydroxylation is 1.